The Bertz CT molecular complexity index is 388. The molecule has 0 aliphatic rings. The van der Waals surface area contributed by atoms with Crippen LogP contribution in [-0.4, -0.2) is 17.6 Å². The van der Waals surface area contributed by atoms with Gasteiger partial charge in [0.15, 0.2) is 0 Å². The molecule has 0 radical (unpaired) electrons. The van der Waals surface area contributed by atoms with E-state index in [0.717, 1.165) is 5.56 Å². The Balaban J connectivity index is 0.00000289. The fraction of sp³-hybridized carbons (Fsp3) is 0.462. The van der Waals surface area contributed by atoms with Gasteiger partial charge in [-0.15, -0.1) is 12.4 Å². The van der Waals surface area contributed by atoms with E-state index in [4.69, 9.17) is 22.1 Å². The lowest BCUT2D eigenvalue weighted by atomic mass is 9.98. The summed E-state index contributed by atoms with van der Waals surface area (Å²) < 4.78 is 5.34. The Hall–Kier alpha value is -0.770. The van der Waals surface area contributed by atoms with Gasteiger partial charge >= 0.3 is 5.97 Å². The fourth-order valence-corrected chi connectivity index (χ4v) is 1.62. The first-order valence-electron chi connectivity index (χ1n) is 5.53. The van der Waals surface area contributed by atoms with Crippen LogP contribution in [0.2, 0.25) is 5.02 Å². The van der Waals surface area contributed by atoms with Crippen molar-refractivity contribution >= 4 is 30.0 Å². The molecule has 102 valence electrons. The highest BCUT2D eigenvalue weighted by Crippen LogP contribution is 2.19. The van der Waals surface area contributed by atoms with Crippen LogP contribution in [0.4, 0.5) is 0 Å². The van der Waals surface area contributed by atoms with Crippen LogP contribution in [0.1, 0.15) is 26.3 Å². The Morgan fingerprint density at radius 2 is 1.89 bits per heavy atom. The Kier molecular flexibility index (Phi) is 6.68. The van der Waals surface area contributed by atoms with E-state index in [-0.39, 0.29) is 18.4 Å². The molecule has 0 aromatic heterocycles. The van der Waals surface area contributed by atoms with E-state index in [1.165, 1.54) is 0 Å². The van der Waals surface area contributed by atoms with Crippen LogP contribution >= 0.6 is 24.0 Å². The average molecular weight is 292 g/mol. The van der Waals surface area contributed by atoms with Crippen LogP contribution in [0.5, 0.6) is 0 Å². The zero-order valence-electron chi connectivity index (χ0n) is 10.8. The molecule has 0 bridgehead atoms. The summed E-state index contributed by atoms with van der Waals surface area (Å²) in [7, 11) is 0. The zero-order chi connectivity index (χ0) is 13.1. The quantitative estimate of drug-likeness (QED) is 0.868. The minimum absolute atomic E-state index is 0. The van der Waals surface area contributed by atoms with E-state index >= 15 is 0 Å². The lowest BCUT2D eigenvalue weighted by Gasteiger charge is -2.26. The van der Waals surface area contributed by atoms with Crippen LogP contribution in [0.3, 0.4) is 0 Å². The number of halogens is 2. The molecule has 1 aromatic rings. The molecule has 0 aliphatic heterocycles. The van der Waals surface area contributed by atoms with Gasteiger partial charge in [0.05, 0.1) is 0 Å². The van der Waals surface area contributed by atoms with Crippen LogP contribution in [-0.2, 0) is 16.0 Å². The molecular formula is C13H19Cl2NO2. The van der Waals surface area contributed by atoms with Crippen molar-refractivity contribution in [1.82, 2.24) is 0 Å². The summed E-state index contributed by atoms with van der Waals surface area (Å²) in [5, 5.41) is 0.694. The first kappa shape index (κ1) is 17.2. The van der Waals surface area contributed by atoms with Gasteiger partial charge in [-0.2, -0.15) is 0 Å². The van der Waals surface area contributed by atoms with Crippen LogP contribution in [0.25, 0.3) is 0 Å². The van der Waals surface area contributed by atoms with Gasteiger partial charge in [0.25, 0.3) is 0 Å². The second-order valence-electron chi connectivity index (χ2n) is 4.77. The summed E-state index contributed by atoms with van der Waals surface area (Å²) >= 11 is 5.81. The minimum Gasteiger partial charge on any atom is -0.458 e. The number of benzene rings is 1. The van der Waals surface area contributed by atoms with Gasteiger partial charge in [0.1, 0.15) is 11.6 Å². The Morgan fingerprint density at radius 3 is 2.33 bits per heavy atom. The second-order valence-corrected chi connectivity index (χ2v) is 5.21. The highest BCUT2D eigenvalue weighted by atomic mass is 35.5. The van der Waals surface area contributed by atoms with Gasteiger partial charge in [0.2, 0.25) is 0 Å². The molecule has 1 aromatic carbocycles. The number of ether oxygens (including phenoxy) is 1. The predicted octanol–water partition coefficient (Wildman–Crippen LogP) is 2.97. The number of nitrogens with two attached hydrogens (primary N) is 1. The van der Waals surface area contributed by atoms with E-state index < -0.39 is 11.6 Å². The van der Waals surface area contributed by atoms with Crippen molar-refractivity contribution in [2.75, 3.05) is 0 Å². The number of hydrogen-bond donors (Lipinski definition) is 1. The number of hydrogen-bond acceptors (Lipinski definition) is 3. The summed E-state index contributed by atoms with van der Waals surface area (Å²) in [5.41, 5.74) is 5.96. The molecule has 0 spiro atoms. The smallest absolute Gasteiger partial charge is 0.323 e. The SMILES string of the molecule is C[C@H](N)C(=O)OC(C)(C)Cc1ccc(Cl)cc1.Cl. The van der Waals surface area contributed by atoms with Gasteiger partial charge in [-0.1, -0.05) is 23.7 Å². The first-order valence-corrected chi connectivity index (χ1v) is 5.91. The highest BCUT2D eigenvalue weighted by Gasteiger charge is 2.24. The van der Waals surface area contributed by atoms with Crippen molar-refractivity contribution in [3.8, 4) is 0 Å². The monoisotopic (exact) mass is 291 g/mol. The topological polar surface area (TPSA) is 52.3 Å². The van der Waals surface area contributed by atoms with Crippen molar-refractivity contribution in [3.63, 3.8) is 0 Å². The van der Waals surface area contributed by atoms with Gasteiger partial charge in [-0.05, 0) is 38.5 Å². The summed E-state index contributed by atoms with van der Waals surface area (Å²) in [6.07, 6.45) is 0.628. The van der Waals surface area contributed by atoms with Gasteiger partial charge in [-0.3, -0.25) is 4.79 Å². The van der Waals surface area contributed by atoms with Crippen molar-refractivity contribution in [2.45, 2.75) is 38.8 Å². The average Bonchev–Trinajstić information content (AvgIpc) is 2.20. The number of esters is 1. The molecule has 1 rings (SSSR count). The maximum Gasteiger partial charge on any atom is 0.323 e. The van der Waals surface area contributed by atoms with Crippen LogP contribution in [0, 0.1) is 0 Å². The van der Waals surface area contributed by atoms with Crippen molar-refractivity contribution < 1.29 is 9.53 Å². The Morgan fingerprint density at radius 1 is 1.39 bits per heavy atom. The molecule has 0 unspecified atom stereocenters. The van der Waals surface area contributed by atoms with E-state index in [9.17, 15) is 4.79 Å². The summed E-state index contributed by atoms with van der Waals surface area (Å²) in [6, 6.07) is 6.88. The molecular weight excluding hydrogens is 273 g/mol. The second kappa shape index (κ2) is 6.98. The van der Waals surface area contributed by atoms with Gasteiger partial charge in [-0.25, -0.2) is 0 Å². The largest absolute Gasteiger partial charge is 0.458 e. The van der Waals surface area contributed by atoms with Crippen LogP contribution < -0.4 is 5.73 Å². The maximum atomic E-state index is 11.4. The lowest BCUT2D eigenvalue weighted by Crippen LogP contribution is -2.38. The first-order chi connectivity index (χ1) is 7.80. The predicted molar refractivity (Wildman–Crippen MR) is 76.2 cm³/mol. The highest BCUT2D eigenvalue weighted by molar-refractivity contribution is 6.30. The van der Waals surface area contributed by atoms with E-state index in [1.807, 2.05) is 38.1 Å². The number of carbonyl (C=O) groups is 1. The van der Waals surface area contributed by atoms with Crippen LogP contribution in [0.15, 0.2) is 24.3 Å². The van der Waals surface area contributed by atoms with E-state index in [1.54, 1.807) is 6.92 Å². The van der Waals surface area contributed by atoms with E-state index in [0.29, 0.717) is 11.4 Å². The third-order valence-corrected chi connectivity index (χ3v) is 2.54. The molecule has 0 heterocycles. The third-order valence-electron chi connectivity index (χ3n) is 2.29. The van der Waals surface area contributed by atoms with Crippen molar-refractivity contribution in [3.05, 3.63) is 34.9 Å². The summed E-state index contributed by atoms with van der Waals surface area (Å²) in [4.78, 5) is 11.4. The fourth-order valence-electron chi connectivity index (χ4n) is 1.50. The molecule has 0 saturated heterocycles. The lowest BCUT2D eigenvalue weighted by molar-refractivity contribution is -0.157. The molecule has 5 heteroatoms. The number of carbonyl (C=O) groups excluding carboxylic acids is 1. The van der Waals surface area contributed by atoms with Crippen molar-refractivity contribution in [1.29, 1.82) is 0 Å². The third kappa shape index (κ3) is 5.71. The van der Waals surface area contributed by atoms with E-state index in [2.05, 4.69) is 0 Å². The van der Waals surface area contributed by atoms with Crippen molar-refractivity contribution in [2.24, 2.45) is 5.73 Å². The molecule has 0 saturated carbocycles. The maximum absolute atomic E-state index is 11.4. The normalized spacial score (nSPS) is 12.5. The molecule has 1 atom stereocenters. The zero-order valence-corrected chi connectivity index (χ0v) is 12.3. The molecule has 3 nitrogen and oxygen atoms in total. The standard InChI is InChI=1S/C13H18ClNO2.ClH/c1-9(15)12(16)17-13(2,3)8-10-4-6-11(14)7-5-10;/h4-7,9H,8,15H2,1-3H3;1H/t9-;/m0./s1. The molecule has 18 heavy (non-hydrogen) atoms. The number of rotatable bonds is 4. The summed E-state index contributed by atoms with van der Waals surface area (Å²) in [6.45, 7) is 5.34. The molecule has 2 N–H and O–H groups in total. The molecule has 0 fully saturated rings. The summed E-state index contributed by atoms with van der Waals surface area (Å²) in [5.74, 6) is -0.385. The van der Waals surface area contributed by atoms with Gasteiger partial charge < -0.3 is 10.5 Å². The Labute approximate surface area is 119 Å². The van der Waals surface area contributed by atoms with Gasteiger partial charge in [0, 0.05) is 11.4 Å². The minimum atomic E-state index is -0.598. The molecule has 0 aliphatic carbocycles. The molecule has 0 amide bonds.